The lowest BCUT2D eigenvalue weighted by Gasteiger charge is -2.07. The van der Waals surface area contributed by atoms with E-state index in [9.17, 15) is 22.4 Å². The van der Waals surface area contributed by atoms with Gasteiger partial charge in [0.2, 0.25) is 0 Å². The lowest BCUT2D eigenvalue weighted by Crippen LogP contribution is -2.35. The summed E-state index contributed by atoms with van der Waals surface area (Å²) in [4.78, 5) is 24.8. The first-order valence-electron chi connectivity index (χ1n) is 7.18. The van der Waals surface area contributed by atoms with Crippen LogP contribution in [0.5, 0.6) is 0 Å². The van der Waals surface area contributed by atoms with Gasteiger partial charge in [0.15, 0.2) is 9.84 Å². The van der Waals surface area contributed by atoms with Crippen molar-refractivity contribution in [3.8, 4) is 16.8 Å². The number of hydrogen-bond donors (Lipinski definition) is 1. The standard InChI is InChI=1S/C17H13FN2O4S/c1-25(23,24)14-8-2-11(3-9-14)15-10-19-20(17(22)16(15)21)13-6-4-12(18)5-7-13/h2-10,19H,1H3. The Kier molecular flexibility index (Phi) is 4.13. The molecule has 0 aliphatic heterocycles. The fourth-order valence-corrected chi connectivity index (χ4v) is 2.98. The zero-order valence-electron chi connectivity index (χ0n) is 13.1. The van der Waals surface area contributed by atoms with Gasteiger partial charge in [-0.3, -0.25) is 14.7 Å². The molecule has 3 aromatic rings. The monoisotopic (exact) mass is 360 g/mol. The molecule has 0 aliphatic carbocycles. The van der Waals surface area contributed by atoms with E-state index in [1.54, 1.807) is 0 Å². The van der Waals surface area contributed by atoms with Crippen LogP contribution in [-0.2, 0) is 9.84 Å². The molecule has 3 rings (SSSR count). The fraction of sp³-hybridized carbons (Fsp3) is 0.0588. The maximum absolute atomic E-state index is 13.0. The van der Waals surface area contributed by atoms with E-state index in [-0.39, 0.29) is 10.5 Å². The van der Waals surface area contributed by atoms with Crippen LogP contribution in [0.3, 0.4) is 0 Å². The molecule has 0 atom stereocenters. The van der Waals surface area contributed by atoms with Crippen LogP contribution in [0.4, 0.5) is 4.39 Å². The third kappa shape index (κ3) is 3.29. The quantitative estimate of drug-likeness (QED) is 0.721. The SMILES string of the molecule is CS(=O)(=O)c1ccc(-c2c[nH]n(-c3ccc(F)cc3)c(=O)c2=O)cc1. The van der Waals surface area contributed by atoms with Crippen molar-refractivity contribution in [3.63, 3.8) is 0 Å². The predicted octanol–water partition coefficient (Wildman–Crippen LogP) is 1.74. The topological polar surface area (TPSA) is 89.0 Å². The number of H-pyrrole nitrogens is 1. The first kappa shape index (κ1) is 16.8. The van der Waals surface area contributed by atoms with Crippen molar-refractivity contribution >= 4 is 9.84 Å². The van der Waals surface area contributed by atoms with E-state index in [0.29, 0.717) is 11.3 Å². The van der Waals surface area contributed by atoms with Gasteiger partial charge in [-0.2, -0.15) is 0 Å². The summed E-state index contributed by atoms with van der Waals surface area (Å²) in [6.07, 6.45) is 2.43. The lowest BCUT2D eigenvalue weighted by atomic mass is 10.1. The van der Waals surface area contributed by atoms with Crippen LogP contribution in [-0.4, -0.2) is 24.5 Å². The van der Waals surface area contributed by atoms with Crippen LogP contribution >= 0.6 is 0 Å². The normalized spacial score (nSPS) is 11.4. The van der Waals surface area contributed by atoms with Gasteiger partial charge in [-0.15, -0.1) is 0 Å². The minimum Gasteiger partial charge on any atom is -0.298 e. The summed E-state index contributed by atoms with van der Waals surface area (Å²) in [6, 6.07) is 10.8. The first-order chi connectivity index (χ1) is 11.8. The van der Waals surface area contributed by atoms with Gasteiger partial charge in [0, 0.05) is 12.5 Å². The van der Waals surface area contributed by atoms with Crippen LogP contribution in [0.15, 0.2) is 69.2 Å². The van der Waals surface area contributed by atoms with Crippen molar-refractivity contribution in [3.05, 3.63) is 81.1 Å². The molecule has 6 nitrogen and oxygen atoms in total. The molecule has 0 aliphatic rings. The van der Waals surface area contributed by atoms with Gasteiger partial charge in [-0.25, -0.2) is 17.5 Å². The Hall–Kier alpha value is -3.00. The number of nitrogens with zero attached hydrogens (tertiary/aromatic N) is 1. The lowest BCUT2D eigenvalue weighted by molar-refractivity contribution is 0.602. The zero-order chi connectivity index (χ0) is 18.2. The molecule has 2 aromatic carbocycles. The molecule has 0 amide bonds. The Morgan fingerprint density at radius 2 is 1.56 bits per heavy atom. The smallest absolute Gasteiger partial charge is 0.298 e. The maximum Gasteiger partial charge on any atom is 0.318 e. The van der Waals surface area contributed by atoms with Gasteiger partial charge < -0.3 is 0 Å². The summed E-state index contributed by atoms with van der Waals surface area (Å²) >= 11 is 0. The van der Waals surface area contributed by atoms with Gasteiger partial charge >= 0.3 is 5.56 Å². The van der Waals surface area contributed by atoms with Crippen LogP contribution in [0.1, 0.15) is 0 Å². The largest absolute Gasteiger partial charge is 0.318 e. The molecule has 25 heavy (non-hydrogen) atoms. The summed E-state index contributed by atoms with van der Waals surface area (Å²) in [7, 11) is -3.35. The molecule has 1 N–H and O–H groups in total. The van der Waals surface area contributed by atoms with Crippen molar-refractivity contribution in [2.45, 2.75) is 4.90 Å². The average molecular weight is 360 g/mol. The Morgan fingerprint density at radius 3 is 2.12 bits per heavy atom. The number of aromatic amines is 1. The third-order valence-electron chi connectivity index (χ3n) is 3.66. The highest BCUT2D eigenvalue weighted by molar-refractivity contribution is 7.90. The second-order valence-corrected chi connectivity index (χ2v) is 7.45. The van der Waals surface area contributed by atoms with Crippen LogP contribution in [0.2, 0.25) is 0 Å². The van der Waals surface area contributed by atoms with Crippen molar-refractivity contribution in [1.29, 1.82) is 0 Å². The molecule has 0 bridgehead atoms. The van der Waals surface area contributed by atoms with Crippen LogP contribution in [0.25, 0.3) is 16.8 Å². The van der Waals surface area contributed by atoms with E-state index < -0.39 is 26.6 Å². The zero-order valence-corrected chi connectivity index (χ0v) is 13.9. The molecule has 128 valence electrons. The van der Waals surface area contributed by atoms with E-state index in [1.165, 1.54) is 54.7 Å². The van der Waals surface area contributed by atoms with Crippen LogP contribution < -0.4 is 11.0 Å². The molecule has 0 spiro atoms. The van der Waals surface area contributed by atoms with Crippen molar-refractivity contribution in [1.82, 2.24) is 9.78 Å². The summed E-state index contributed by atoms with van der Waals surface area (Å²) in [5.41, 5.74) is -0.727. The summed E-state index contributed by atoms with van der Waals surface area (Å²) in [5.74, 6) is -0.457. The van der Waals surface area contributed by atoms with Crippen molar-refractivity contribution in [2.75, 3.05) is 6.26 Å². The van der Waals surface area contributed by atoms with E-state index >= 15 is 0 Å². The summed E-state index contributed by atoms with van der Waals surface area (Å²) < 4.78 is 37.0. The molecule has 0 saturated carbocycles. The second kappa shape index (κ2) is 6.14. The van der Waals surface area contributed by atoms with Gasteiger partial charge in [-0.1, -0.05) is 12.1 Å². The molecule has 0 unspecified atom stereocenters. The van der Waals surface area contributed by atoms with E-state index in [2.05, 4.69) is 5.10 Å². The number of nitrogens with one attached hydrogen (secondary N) is 1. The molecule has 1 heterocycles. The third-order valence-corrected chi connectivity index (χ3v) is 4.79. The molecular formula is C17H13FN2O4S. The molecule has 1 aromatic heterocycles. The van der Waals surface area contributed by atoms with Gasteiger partial charge in [0.1, 0.15) is 5.82 Å². The summed E-state index contributed by atoms with van der Waals surface area (Å²) in [5, 5.41) is 2.69. The van der Waals surface area contributed by atoms with Gasteiger partial charge in [0.05, 0.1) is 16.1 Å². The van der Waals surface area contributed by atoms with Crippen LogP contribution in [0, 0.1) is 5.82 Å². The van der Waals surface area contributed by atoms with E-state index in [4.69, 9.17) is 0 Å². The highest BCUT2D eigenvalue weighted by Gasteiger charge is 2.12. The molecule has 0 saturated heterocycles. The van der Waals surface area contributed by atoms with E-state index in [1.807, 2.05) is 0 Å². The molecule has 0 fully saturated rings. The Labute approximate surface area is 142 Å². The average Bonchev–Trinajstić information content (AvgIpc) is 2.58. The predicted molar refractivity (Wildman–Crippen MR) is 91.2 cm³/mol. The highest BCUT2D eigenvalue weighted by atomic mass is 32.2. The van der Waals surface area contributed by atoms with Crippen molar-refractivity contribution in [2.24, 2.45) is 0 Å². The minimum absolute atomic E-state index is 0.114. The fourth-order valence-electron chi connectivity index (χ4n) is 2.35. The Morgan fingerprint density at radius 1 is 0.960 bits per heavy atom. The van der Waals surface area contributed by atoms with E-state index in [0.717, 1.165) is 10.9 Å². The Balaban J connectivity index is 2.08. The number of rotatable bonds is 3. The first-order valence-corrected chi connectivity index (χ1v) is 9.08. The molecular weight excluding hydrogens is 347 g/mol. The number of sulfone groups is 1. The minimum atomic E-state index is -3.35. The Bertz CT molecular complexity index is 1140. The molecule has 8 heteroatoms. The van der Waals surface area contributed by atoms with Gasteiger partial charge in [0.25, 0.3) is 5.43 Å². The number of halogens is 1. The number of hydrogen-bond acceptors (Lipinski definition) is 4. The summed E-state index contributed by atoms with van der Waals surface area (Å²) in [6.45, 7) is 0. The highest BCUT2D eigenvalue weighted by Crippen LogP contribution is 2.17. The van der Waals surface area contributed by atoms with Gasteiger partial charge in [-0.05, 0) is 42.0 Å². The second-order valence-electron chi connectivity index (χ2n) is 5.43. The molecule has 0 radical (unpaired) electrons. The number of benzene rings is 2. The number of aromatic nitrogens is 2. The van der Waals surface area contributed by atoms with Crippen molar-refractivity contribution < 1.29 is 12.8 Å². The maximum atomic E-state index is 13.0.